The normalized spacial score (nSPS) is 16.1. The quantitative estimate of drug-likeness (QED) is 0.702. The fourth-order valence-electron chi connectivity index (χ4n) is 2.91. The minimum absolute atomic E-state index is 0.180. The first-order valence-corrected chi connectivity index (χ1v) is 8.42. The summed E-state index contributed by atoms with van der Waals surface area (Å²) < 4.78 is 11.1. The minimum atomic E-state index is -0.210. The molecule has 1 saturated heterocycles. The molecule has 1 aliphatic rings. The molecule has 134 valence electrons. The maximum absolute atomic E-state index is 12.7. The van der Waals surface area contributed by atoms with E-state index in [1.54, 1.807) is 41.6 Å². The molecule has 0 N–H and O–H groups in total. The number of carbonyl (C=O) groups is 1. The number of hydrogen-bond donors (Lipinski definition) is 0. The van der Waals surface area contributed by atoms with Crippen molar-refractivity contribution < 1.29 is 14.1 Å². The molecular formula is C19H15N5O3. The van der Waals surface area contributed by atoms with Crippen molar-refractivity contribution in [3.8, 4) is 23.3 Å². The Labute approximate surface area is 155 Å². The first kappa shape index (κ1) is 16.7. The lowest BCUT2D eigenvalue weighted by atomic mass is 10.2. The maximum atomic E-state index is 12.7. The van der Waals surface area contributed by atoms with Gasteiger partial charge in [0.15, 0.2) is 11.5 Å². The summed E-state index contributed by atoms with van der Waals surface area (Å²) in [6.07, 6.45) is 5.34. The van der Waals surface area contributed by atoms with E-state index in [2.05, 4.69) is 15.1 Å². The van der Waals surface area contributed by atoms with Crippen LogP contribution in [0.25, 0.3) is 11.3 Å². The lowest BCUT2D eigenvalue weighted by Crippen LogP contribution is -2.31. The Bertz CT molecular complexity index is 996. The van der Waals surface area contributed by atoms with E-state index in [0.29, 0.717) is 36.7 Å². The van der Waals surface area contributed by atoms with Crippen molar-refractivity contribution >= 4 is 5.91 Å². The molecule has 1 unspecified atom stereocenters. The van der Waals surface area contributed by atoms with E-state index in [9.17, 15) is 4.79 Å². The summed E-state index contributed by atoms with van der Waals surface area (Å²) >= 11 is 0. The fourth-order valence-corrected chi connectivity index (χ4v) is 2.91. The first-order valence-electron chi connectivity index (χ1n) is 8.42. The third-order valence-electron chi connectivity index (χ3n) is 4.26. The van der Waals surface area contributed by atoms with E-state index in [0.717, 1.165) is 5.56 Å². The molecule has 0 spiro atoms. The van der Waals surface area contributed by atoms with E-state index < -0.39 is 0 Å². The van der Waals surface area contributed by atoms with Gasteiger partial charge < -0.3 is 14.2 Å². The Balaban J connectivity index is 1.41. The third-order valence-corrected chi connectivity index (χ3v) is 4.26. The maximum Gasteiger partial charge on any atom is 0.276 e. The standard InChI is InChI=1S/C19H15N5O3/c20-10-13-3-6-22-18(8-13)26-15-4-7-24(12-15)19(25)16-9-17(27-23-16)14-2-1-5-21-11-14/h1-3,5-6,8-9,11,15H,4,7,12H2. The number of rotatable bonds is 4. The molecule has 1 atom stereocenters. The van der Waals surface area contributed by atoms with Crippen molar-refractivity contribution in [2.75, 3.05) is 13.1 Å². The summed E-state index contributed by atoms with van der Waals surface area (Å²) in [7, 11) is 0. The summed E-state index contributed by atoms with van der Waals surface area (Å²) in [6.45, 7) is 0.975. The van der Waals surface area contributed by atoms with Gasteiger partial charge in [0.25, 0.3) is 5.91 Å². The fraction of sp³-hybridized carbons (Fsp3) is 0.211. The molecule has 0 aliphatic carbocycles. The highest BCUT2D eigenvalue weighted by atomic mass is 16.5. The van der Waals surface area contributed by atoms with Crippen LogP contribution in [0.5, 0.6) is 5.88 Å². The Morgan fingerprint density at radius 3 is 3.07 bits per heavy atom. The van der Waals surface area contributed by atoms with Crippen LogP contribution in [0.3, 0.4) is 0 Å². The summed E-state index contributed by atoms with van der Waals surface area (Å²) in [4.78, 5) is 22.5. The number of carbonyl (C=O) groups excluding carboxylic acids is 1. The van der Waals surface area contributed by atoms with E-state index in [1.807, 2.05) is 12.1 Å². The Hall–Kier alpha value is -3.73. The van der Waals surface area contributed by atoms with Crippen molar-refractivity contribution in [2.24, 2.45) is 0 Å². The number of aromatic nitrogens is 3. The van der Waals surface area contributed by atoms with Crippen LogP contribution >= 0.6 is 0 Å². The number of nitriles is 1. The Morgan fingerprint density at radius 2 is 2.26 bits per heavy atom. The number of hydrogen-bond acceptors (Lipinski definition) is 7. The zero-order valence-corrected chi connectivity index (χ0v) is 14.3. The summed E-state index contributed by atoms with van der Waals surface area (Å²) in [5.74, 6) is 0.670. The second-order valence-corrected chi connectivity index (χ2v) is 6.09. The molecule has 3 aromatic rings. The number of amides is 1. The van der Waals surface area contributed by atoms with Gasteiger partial charge in [0.05, 0.1) is 18.2 Å². The first-order chi connectivity index (χ1) is 13.2. The molecule has 4 rings (SSSR count). The summed E-state index contributed by atoms with van der Waals surface area (Å²) in [5, 5.41) is 12.8. The topological polar surface area (TPSA) is 105 Å². The molecule has 1 aliphatic heterocycles. The third kappa shape index (κ3) is 3.62. The van der Waals surface area contributed by atoms with E-state index in [-0.39, 0.29) is 17.7 Å². The highest BCUT2D eigenvalue weighted by Crippen LogP contribution is 2.22. The van der Waals surface area contributed by atoms with Gasteiger partial charge in [-0.2, -0.15) is 5.26 Å². The monoisotopic (exact) mass is 361 g/mol. The predicted octanol–water partition coefficient (Wildman–Crippen LogP) is 2.30. The molecule has 0 radical (unpaired) electrons. The van der Waals surface area contributed by atoms with Crippen molar-refractivity contribution in [3.63, 3.8) is 0 Å². The van der Waals surface area contributed by atoms with Gasteiger partial charge in [0.1, 0.15) is 6.10 Å². The van der Waals surface area contributed by atoms with Gasteiger partial charge in [0, 0.05) is 49.3 Å². The van der Waals surface area contributed by atoms with Crippen LogP contribution in [0.4, 0.5) is 0 Å². The largest absolute Gasteiger partial charge is 0.472 e. The number of pyridine rings is 2. The van der Waals surface area contributed by atoms with Crippen molar-refractivity contribution in [1.29, 1.82) is 5.26 Å². The van der Waals surface area contributed by atoms with Crippen LogP contribution in [-0.2, 0) is 0 Å². The molecule has 1 fully saturated rings. The molecule has 0 bridgehead atoms. The number of ether oxygens (including phenoxy) is 1. The van der Waals surface area contributed by atoms with Crippen LogP contribution in [0.1, 0.15) is 22.5 Å². The lowest BCUT2D eigenvalue weighted by molar-refractivity contribution is 0.0761. The molecule has 8 nitrogen and oxygen atoms in total. The minimum Gasteiger partial charge on any atom is -0.472 e. The van der Waals surface area contributed by atoms with Gasteiger partial charge in [-0.25, -0.2) is 4.98 Å². The highest BCUT2D eigenvalue weighted by Gasteiger charge is 2.30. The number of likely N-dealkylation sites (tertiary alicyclic amines) is 1. The summed E-state index contributed by atoms with van der Waals surface area (Å²) in [5.41, 5.74) is 1.49. The Morgan fingerprint density at radius 1 is 1.33 bits per heavy atom. The molecular weight excluding hydrogens is 346 g/mol. The second-order valence-electron chi connectivity index (χ2n) is 6.09. The van der Waals surface area contributed by atoms with Gasteiger partial charge in [-0.15, -0.1) is 0 Å². The van der Waals surface area contributed by atoms with E-state index in [4.69, 9.17) is 14.5 Å². The van der Waals surface area contributed by atoms with Crippen molar-refractivity contribution in [1.82, 2.24) is 20.0 Å². The van der Waals surface area contributed by atoms with Gasteiger partial charge >= 0.3 is 0 Å². The van der Waals surface area contributed by atoms with Crippen LogP contribution in [0, 0.1) is 11.3 Å². The van der Waals surface area contributed by atoms with Crippen LogP contribution in [-0.4, -0.2) is 45.1 Å². The van der Waals surface area contributed by atoms with Gasteiger partial charge in [-0.3, -0.25) is 9.78 Å². The molecule has 4 heterocycles. The molecule has 27 heavy (non-hydrogen) atoms. The SMILES string of the molecule is N#Cc1ccnc(OC2CCN(C(=O)c3cc(-c4cccnc4)on3)C2)c1. The summed E-state index contributed by atoms with van der Waals surface area (Å²) in [6, 6.07) is 10.5. The van der Waals surface area contributed by atoms with Crippen LogP contribution in [0.2, 0.25) is 0 Å². The predicted molar refractivity (Wildman–Crippen MR) is 93.6 cm³/mol. The molecule has 8 heteroatoms. The lowest BCUT2D eigenvalue weighted by Gasteiger charge is -2.15. The average molecular weight is 361 g/mol. The molecule has 3 aromatic heterocycles. The molecule has 0 saturated carbocycles. The van der Waals surface area contributed by atoms with Crippen molar-refractivity contribution in [3.05, 3.63) is 60.2 Å². The van der Waals surface area contributed by atoms with Crippen LogP contribution in [0.15, 0.2) is 53.4 Å². The molecule has 0 aromatic carbocycles. The smallest absolute Gasteiger partial charge is 0.276 e. The van der Waals surface area contributed by atoms with Crippen LogP contribution < -0.4 is 4.74 Å². The zero-order valence-electron chi connectivity index (χ0n) is 14.3. The van der Waals surface area contributed by atoms with E-state index >= 15 is 0 Å². The average Bonchev–Trinajstić information content (AvgIpc) is 3.38. The van der Waals surface area contributed by atoms with Gasteiger partial charge in [0.2, 0.25) is 5.88 Å². The second kappa shape index (κ2) is 7.25. The van der Waals surface area contributed by atoms with E-state index in [1.165, 1.54) is 6.20 Å². The van der Waals surface area contributed by atoms with Crippen molar-refractivity contribution in [2.45, 2.75) is 12.5 Å². The Kier molecular flexibility index (Phi) is 4.49. The van der Waals surface area contributed by atoms with Gasteiger partial charge in [-0.1, -0.05) is 5.16 Å². The van der Waals surface area contributed by atoms with Gasteiger partial charge in [-0.05, 0) is 18.2 Å². The zero-order chi connectivity index (χ0) is 18.6. The highest BCUT2D eigenvalue weighted by molar-refractivity contribution is 5.93. The molecule has 1 amide bonds. The number of nitrogens with zero attached hydrogens (tertiary/aromatic N) is 5.